The first kappa shape index (κ1) is 16.6. The van der Waals surface area contributed by atoms with Gasteiger partial charge in [0.15, 0.2) is 5.11 Å². The van der Waals surface area contributed by atoms with E-state index < -0.39 is 0 Å². The van der Waals surface area contributed by atoms with Crippen molar-refractivity contribution >= 4 is 23.0 Å². The summed E-state index contributed by atoms with van der Waals surface area (Å²) < 4.78 is 5.24. The third kappa shape index (κ3) is 4.60. The Morgan fingerprint density at radius 2 is 2.18 bits per heavy atom. The molecule has 1 N–H and O–H groups in total. The van der Waals surface area contributed by atoms with E-state index in [1.807, 2.05) is 24.3 Å². The summed E-state index contributed by atoms with van der Waals surface area (Å²) in [5.41, 5.74) is 0.919. The fourth-order valence-corrected chi connectivity index (χ4v) is 3.27. The van der Waals surface area contributed by atoms with E-state index in [1.54, 1.807) is 7.11 Å². The SMILES string of the molecule is COc1cccc(NC(=S)N(CCC#N)C2CCCCC2)c1. The quantitative estimate of drug-likeness (QED) is 0.834. The Labute approximate surface area is 138 Å². The molecular formula is C17H23N3OS. The molecule has 1 aliphatic rings. The van der Waals surface area contributed by atoms with Crippen LogP contribution in [0.4, 0.5) is 5.69 Å². The third-order valence-electron chi connectivity index (χ3n) is 4.06. The van der Waals surface area contributed by atoms with Crippen molar-refractivity contribution < 1.29 is 4.74 Å². The van der Waals surface area contributed by atoms with Crippen molar-refractivity contribution in [3.63, 3.8) is 0 Å². The Balaban J connectivity index is 2.05. The maximum atomic E-state index is 8.90. The average molecular weight is 317 g/mol. The zero-order valence-corrected chi connectivity index (χ0v) is 13.9. The Kier molecular flexibility index (Phi) is 6.47. The Hall–Kier alpha value is -1.80. The van der Waals surface area contributed by atoms with Crippen LogP contribution in [0.25, 0.3) is 0 Å². The summed E-state index contributed by atoms with van der Waals surface area (Å²) in [5, 5.41) is 12.9. The van der Waals surface area contributed by atoms with Gasteiger partial charge >= 0.3 is 0 Å². The van der Waals surface area contributed by atoms with Gasteiger partial charge in [0.25, 0.3) is 0 Å². The second-order valence-corrected chi connectivity index (χ2v) is 5.94. The largest absolute Gasteiger partial charge is 0.497 e. The molecule has 22 heavy (non-hydrogen) atoms. The van der Waals surface area contributed by atoms with Gasteiger partial charge in [-0.25, -0.2) is 0 Å². The molecule has 1 saturated carbocycles. The molecule has 0 spiro atoms. The molecule has 0 unspecified atom stereocenters. The highest BCUT2D eigenvalue weighted by atomic mass is 32.1. The molecule has 0 saturated heterocycles. The molecule has 0 heterocycles. The average Bonchev–Trinajstić information content (AvgIpc) is 2.56. The van der Waals surface area contributed by atoms with Gasteiger partial charge < -0.3 is 15.0 Å². The lowest BCUT2D eigenvalue weighted by molar-refractivity contribution is 0.250. The van der Waals surface area contributed by atoms with Gasteiger partial charge in [-0.1, -0.05) is 25.3 Å². The number of hydrogen-bond donors (Lipinski definition) is 1. The van der Waals surface area contributed by atoms with E-state index in [0.29, 0.717) is 24.1 Å². The second kappa shape index (κ2) is 8.60. The summed E-state index contributed by atoms with van der Waals surface area (Å²) >= 11 is 5.60. The van der Waals surface area contributed by atoms with E-state index in [9.17, 15) is 0 Å². The van der Waals surface area contributed by atoms with Crippen LogP contribution in [0, 0.1) is 11.3 Å². The smallest absolute Gasteiger partial charge is 0.173 e. The lowest BCUT2D eigenvalue weighted by Crippen LogP contribution is -2.44. The lowest BCUT2D eigenvalue weighted by atomic mass is 9.94. The molecule has 1 aromatic rings. The minimum atomic E-state index is 0.452. The van der Waals surface area contributed by atoms with Crippen LogP contribution in [0.1, 0.15) is 38.5 Å². The minimum Gasteiger partial charge on any atom is -0.497 e. The molecule has 0 radical (unpaired) electrons. The van der Waals surface area contributed by atoms with Crippen LogP contribution in [-0.4, -0.2) is 29.7 Å². The molecule has 1 aliphatic carbocycles. The second-order valence-electron chi connectivity index (χ2n) is 5.56. The molecule has 4 nitrogen and oxygen atoms in total. The number of benzene rings is 1. The molecule has 0 amide bonds. The standard InChI is InChI=1S/C17H23N3OS/c1-21-16-10-5-7-14(13-16)19-17(22)20(12-6-11-18)15-8-3-2-4-9-15/h5,7,10,13,15H,2-4,6,8-9,12H2,1H3,(H,19,22). The number of anilines is 1. The predicted molar refractivity (Wildman–Crippen MR) is 93.0 cm³/mol. The molecule has 1 fully saturated rings. The van der Waals surface area contributed by atoms with E-state index in [-0.39, 0.29) is 0 Å². The molecular weight excluding hydrogens is 294 g/mol. The number of hydrogen-bond acceptors (Lipinski definition) is 3. The van der Waals surface area contributed by atoms with Crippen LogP contribution in [0.5, 0.6) is 5.75 Å². The normalized spacial score (nSPS) is 14.9. The highest BCUT2D eigenvalue weighted by molar-refractivity contribution is 7.80. The van der Waals surface area contributed by atoms with Gasteiger partial charge in [0, 0.05) is 24.3 Å². The van der Waals surface area contributed by atoms with Crippen molar-refractivity contribution in [3.8, 4) is 11.8 Å². The number of nitrogens with zero attached hydrogens (tertiary/aromatic N) is 2. The van der Waals surface area contributed by atoms with Crippen LogP contribution in [0.15, 0.2) is 24.3 Å². The molecule has 0 aliphatic heterocycles. The summed E-state index contributed by atoms with van der Waals surface area (Å²) in [6, 6.07) is 10.4. The third-order valence-corrected chi connectivity index (χ3v) is 4.40. The van der Waals surface area contributed by atoms with Gasteiger partial charge in [0.1, 0.15) is 5.75 Å². The number of rotatable bonds is 5. The molecule has 0 bridgehead atoms. The minimum absolute atomic E-state index is 0.452. The first-order chi connectivity index (χ1) is 10.7. The van der Waals surface area contributed by atoms with Gasteiger partial charge in [-0.2, -0.15) is 5.26 Å². The van der Waals surface area contributed by atoms with Crippen molar-refractivity contribution in [1.82, 2.24) is 4.90 Å². The van der Waals surface area contributed by atoms with E-state index in [4.69, 9.17) is 22.2 Å². The van der Waals surface area contributed by atoms with Crippen molar-refractivity contribution in [3.05, 3.63) is 24.3 Å². The monoisotopic (exact) mass is 317 g/mol. The summed E-state index contributed by atoms with van der Waals surface area (Å²) in [5.74, 6) is 0.800. The number of ether oxygens (including phenoxy) is 1. The Morgan fingerprint density at radius 1 is 1.41 bits per heavy atom. The van der Waals surface area contributed by atoms with Crippen molar-refractivity contribution in [1.29, 1.82) is 5.26 Å². The number of thiocarbonyl (C=S) groups is 1. The van der Waals surface area contributed by atoms with Gasteiger partial charge in [-0.05, 0) is 37.2 Å². The van der Waals surface area contributed by atoms with E-state index in [2.05, 4.69) is 16.3 Å². The van der Waals surface area contributed by atoms with Crippen LogP contribution in [0.2, 0.25) is 0 Å². The lowest BCUT2D eigenvalue weighted by Gasteiger charge is -2.36. The topological polar surface area (TPSA) is 48.3 Å². The maximum Gasteiger partial charge on any atom is 0.173 e. The first-order valence-electron chi connectivity index (χ1n) is 7.83. The van der Waals surface area contributed by atoms with Crippen LogP contribution in [-0.2, 0) is 0 Å². The summed E-state index contributed by atoms with van der Waals surface area (Å²) in [4.78, 5) is 2.19. The zero-order valence-electron chi connectivity index (χ0n) is 13.0. The van der Waals surface area contributed by atoms with Crippen LogP contribution >= 0.6 is 12.2 Å². The summed E-state index contributed by atoms with van der Waals surface area (Å²) in [7, 11) is 1.65. The fraction of sp³-hybridized carbons (Fsp3) is 0.529. The van der Waals surface area contributed by atoms with Crippen molar-refractivity contribution in [2.45, 2.75) is 44.6 Å². The van der Waals surface area contributed by atoms with Crippen LogP contribution < -0.4 is 10.1 Å². The van der Waals surface area contributed by atoms with E-state index in [1.165, 1.54) is 19.3 Å². The van der Waals surface area contributed by atoms with Gasteiger partial charge in [-0.15, -0.1) is 0 Å². The maximum absolute atomic E-state index is 8.90. The van der Waals surface area contributed by atoms with E-state index >= 15 is 0 Å². The number of nitriles is 1. The summed E-state index contributed by atoms with van der Waals surface area (Å²) in [6.07, 6.45) is 6.61. The molecule has 0 atom stereocenters. The molecule has 5 heteroatoms. The van der Waals surface area contributed by atoms with Crippen molar-refractivity contribution in [2.75, 3.05) is 19.0 Å². The van der Waals surface area contributed by atoms with Gasteiger partial charge in [-0.3, -0.25) is 0 Å². The fourth-order valence-electron chi connectivity index (χ4n) is 2.91. The molecule has 1 aromatic carbocycles. The first-order valence-corrected chi connectivity index (χ1v) is 8.24. The predicted octanol–water partition coefficient (Wildman–Crippen LogP) is 3.94. The highest BCUT2D eigenvalue weighted by Gasteiger charge is 2.23. The Morgan fingerprint density at radius 3 is 2.86 bits per heavy atom. The molecule has 2 rings (SSSR count). The number of methoxy groups -OCH3 is 1. The van der Waals surface area contributed by atoms with E-state index in [0.717, 1.165) is 24.3 Å². The molecule has 118 valence electrons. The number of nitrogens with one attached hydrogen (secondary N) is 1. The molecule has 0 aromatic heterocycles. The Bertz CT molecular complexity index is 535. The zero-order chi connectivity index (χ0) is 15.8. The van der Waals surface area contributed by atoms with Gasteiger partial charge in [0.05, 0.1) is 19.6 Å². The van der Waals surface area contributed by atoms with Crippen LogP contribution in [0.3, 0.4) is 0 Å². The van der Waals surface area contributed by atoms with Gasteiger partial charge in [0.2, 0.25) is 0 Å². The highest BCUT2D eigenvalue weighted by Crippen LogP contribution is 2.24. The van der Waals surface area contributed by atoms with Crippen molar-refractivity contribution in [2.24, 2.45) is 0 Å². The summed E-state index contributed by atoms with van der Waals surface area (Å²) in [6.45, 7) is 0.691.